The van der Waals surface area contributed by atoms with Crippen LogP contribution < -0.4 is 5.32 Å². The maximum Gasteiger partial charge on any atom is 0.257 e. The van der Waals surface area contributed by atoms with E-state index >= 15 is 0 Å². The molecular weight excluding hydrogens is 376 g/mol. The minimum Gasteiger partial charge on any atom is -0.467 e. The van der Waals surface area contributed by atoms with Crippen molar-refractivity contribution in [1.29, 1.82) is 0 Å². The van der Waals surface area contributed by atoms with Gasteiger partial charge in [0.05, 0.1) is 18.4 Å². The highest BCUT2D eigenvalue weighted by atomic mass is 16.3. The Morgan fingerprint density at radius 1 is 0.900 bits per heavy atom. The molecular formula is C25H22N2O3. The number of amides is 1. The number of nitrogens with one attached hydrogen (secondary N) is 1. The lowest BCUT2D eigenvalue weighted by Gasteiger charge is -2.09. The summed E-state index contributed by atoms with van der Waals surface area (Å²) in [6.45, 7) is 4.45. The Morgan fingerprint density at radius 2 is 1.67 bits per heavy atom. The highest BCUT2D eigenvalue weighted by Crippen LogP contribution is 2.20. The largest absolute Gasteiger partial charge is 0.467 e. The average Bonchev–Trinajstić information content (AvgIpc) is 3.38. The average molecular weight is 398 g/mol. The monoisotopic (exact) mass is 398 g/mol. The quantitative estimate of drug-likeness (QED) is 0.452. The number of hydrogen-bond donors (Lipinski definition) is 1. The summed E-state index contributed by atoms with van der Waals surface area (Å²) in [5.74, 6) is 0.539. The molecule has 2 aromatic carbocycles. The van der Waals surface area contributed by atoms with E-state index in [1.54, 1.807) is 42.7 Å². The fraction of sp³-hybridized carbons (Fsp3) is 0.120. The number of anilines is 1. The van der Waals surface area contributed by atoms with Gasteiger partial charge in [0.2, 0.25) is 0 Å². The Labute approximate surface area is 175 Å². The van der Waals surface area contributed by atoms with Crippen molar-refractivity contribution in [1.82, 2.24) is 4.57 Å². The molecule has 0 bridgehead atoms. The van der Waals surface area contributed by atoms with Crippen molar-refractivity contribution >= 4 is 17.4 Å². The van der Waals surface area contributed by atoms with E-state index in [1.807, 2.05) is 54.8 Å². The summed E-state index contributed by atoms with van der Waals surface area (Å²) in [5.41, 5.74) is 4.15. The first-order chi connectivity index (χ1) is 14.5. The molecule has 0 aliphatic rings. The van der Waals surface area contributed by atoms with E-state index in [4.69, 9.17) is 4.42 Å². The van der Waals surface area contributed by atoms with Crippen LogP contribution in [0.3, 0.4) is 0 Å². The van der Waals surface area contributed by atoms with Crippen LogP contribution in [0.4, 0.5) is 5.69 Å². The minimum atomic E-state index is -0.210. The number of carbonyl (C=O) groups is 2. The molecule has 1 amide bonds. The number of aryl methyl sites for hydroxylation is 1. The van der Waals surface area contributed by atoms with Crippen molar-refractivity contribution in [2.24, 2.45) is 0 Å². The third kappa shape index (κ3) is 3.96. The predicted molar refractivity (Wildman–Crippen MR) is 116 cm³/mol. The summed E-state index contributed by atoms with van der Waals surface area (Å²) in [5, 5.41) is 2.92. The van der Waals surface area contributed by atoms with E-state index in [0.29, 0.717) is 28.9 Å². The Balaban J connectivity index is 1.54. The van der Waals surface area contributed by atoms with Crippen molar-refractivity contribution in [2.75, 3.05) is 5.32 Å². The zero-order valence-electron chi connectivity index (χ0n) is 16.9. The lowest BCUT2D eigenvalue weighted by molar-refractivity contribution is 0.102. The second-order valence-electron chi connectivity index (χ2n) is 7.18. The molecule has 5 nitrogen and oxygen atoms in total. The lowest BCUT2D eigenvalue weighted by atomic mass is 10.0. The highest BCUT2D eigenvalue weighted by molar-refractivity contribution is 6.10. The molecule has 4 rings (SSSR count). The van der Waals surface area contributed by atoms with Crippen LogP contribution in [0, 0.1) is 13.8 Å². The van der Waals surface area contributed by atoms with Crippen LogP contribution >= 0.6 is 0 Å². The van der Waals surface area contributed by atoms with Crippen LogP contribution in [0.2, 0.25) is 0 Å². The van der Waals surface area contributed by atoms with Crippen molar-refractivity contribution in [3.8, 4) is 0 Å². The predicted octanol–water partition coefficient (Wildman–Crippen LogP) is 5.23. The van der Waals surface area contributed by atoms with Crippen LogP contribution in [-0.2, 0) is 6.54 Å². The van der Waals surface area contributed by atoms with E-state index in [0.717, 1.165) is 17.1 Å². The van der Waals surface area contributed by atoms with Gasteiger partial charge in [-0.1, -0.05) is 42.5 Å². The molecule has 0 aliphatic carbocycles. The van der Waals surface area contributed by atoms with Crippen molar-refractivity contribution < 1.29 is 14.0 Å². The second-order valence-corrected chi connectivity index (χ2v) is 7.18. The minimum absolute atomic E-state index is 0.0803. The number of ketones is 1. The smallest absolute Gasteiger partial charge is 0.257 e. The van der Waals surface area contributed by atoms with Crippen molar-refractivity contribution in [3.05, 3.63) is 113 Å². The van der Waals surface area contributed by atoms with Gasteiger partial charge in [-0.15, -0.1) is 0 Å². The maximum atomic E-state index is 12.9. The normalized spacial score (nSPS) is 10.7. The standard InChI is InChI=1S/C25H22N2O3/c1-17-14-23(18(2)27(17)16-22-12-7-13-30-22)25(29)26-21-11-6-10-20(15-21)24(28)19-8-4-3-5-9-19/h3-15H,16H2,1-2H3,(H,26,29). The van der Waals surface area contributed by atoms with Gasteiger partial charge in [0, 0.05) is 28.2 Å². The molecule has 2 aromatic heterocycles. The first-order valence-electron chi connectivity index (χ1n) is 9.73. The molecule has 2 heterocycles. The summed E-state index contributed by atoms with van der Waals surface area (Å²) in [6, 6.07) is 21.7. The fourth-order valence-corrected chi connectivity index (χ4v) is 3.53. The number of furan rings is 1. The van der Waals surface area contributed by atoms with Crippen LogP contribution in [-0.4, -0.2) is 16.3 Å². The molecule has 30 heavy (non-hydrogen) atoms. The molecule has 4 aromatic rings. The number of benzene rings is 2. The fourth-order valence-electron chi connectivity index (χ4n) is 3.53. The van der Waals surface area contributed by atoms with Gasteiger partial charge in [-0.05, 0) is 44.2 Å². The lowest BCUT2D eigenvalue weighted by Crippen LogP contribution is -2.14. The Kier molecular flexibility index (Phi) is 5.35. The highest BCUT2D eigenvalue weighted by Gasteiger charge is 2.17. The number of hydrogen-bond acceptors (Lipinski definition) is 3. The van der Waals surface area contributed by atoms with E-state index in [2.05, 4.69) is 5.32 Å². The topological polar surface area (TPSA) is 64.2 Å². The van der Waals surface area contributed by atoms with E-state index < -0.39 is 0 Å². The van der Waals surface area contributed by atoms with E-state index in [1.165, 1.54) is 0 Å². The van der Waals surface area contributed by atoms with Gasteiger partial charge >= 0.3 is 0 Å². The molecule has 0 saturated heterocycles. The van der Waals surface area contributed by atoms with Gasteiger partial charge in [-0.2, -0.15) is 0 Å². The van der Waals surface area contributed by atoms with Crippen LogP contribution in [0.25, 0.3) is 0 Å². The zero-order valence-corrected chi connectivity index (χ0v) is 16.9. The summed E-state index contributed by atoms with van der Waals surface area (Å²) in [6.07, 6.45) is 1.64. The summed E-state index contributed by atoms with van der Waals surface area (Å²) >= 11 is 0. The molecule has 0 fully saturated rings. The Morgan fingerprint density at radius 3 is 2.40 bits per heavy atom. The SMILES string of the molecule is Cc1cc(C(=O)Nc2cccc(C(=O)c3ccccc3)c2)c(C)n1Cc1ccco1. The van der Waals surface area contributed by atoms with Crippen LogP contribution in [0.15, 0.2) is 83.5 Å². The molecule has 150 valence electrons. The van der Waals surface area contributed by atoms with Crippen molar-refractivity contribution in [3.63, 3.8) is 0 Å². The van der Waals surface area contributed by atoms with E-state index in [9.17, 15) is 9.59 Å². The molecule has 0 radical (unpaired) electrons. The summed E-state index contributed by atoms with van der Waals surface area (Å²) in [4.78, 5) is 25.6. The number of rotatable bonds is 6. The molecule has 0 saturated carbocycles. The third-order valence-electron chi connectivity index (χ3n) is 5.13. The van der Waals surface area contributed by atoms with Gasteiger partial charge in [0.1, 0.15) is 5.76 Å². The Bertz CT molecular complexity index is 1190. The molecule has 0 unspecified atom stereocenters. The van der Waals surface area contributed by atoms with Crippen LogP contribution in [0.1, 0.15) is 43.4 Å². The summed E-state index contributed by atoms with van der Waals surface area (Å²) < 4.78 is 7.48. The van der Waals surface area contributed by atoms with E-state index in [-0.39, 0.29) is 11.7 Å². The van der Waals surface area contributed by atoms with Gasteiger partial charge in [0.15, 0.2) is 5.78 Å². The molecule has 0 aliphatic heterocycles. The van der Waals surface area contributed by atoms with Gasteiger partial charge in [-0.3, -0.25) is 9.59 Å². The first kappa shape index (κ1) is 19.5. The second kappa shape index (κ2) is 8.25. The molecule has 0 atom stereocenters. The number of nitrogens with zero attached hydrogens (tertiary/aromatic N) is 1. The van der Waals surface area contributed by atoms with Crippen molar-refractivity contribution in [2.45, 2.75) is 20.4 Å². The molecule has 1 N–H and O–H groups in total. The summed E-state index contributed by atoms with van der Waals surface area (Å²) in [7, 11) is 0. The third-order valence-corrected chi connectivity index (χ3v) is 5.13. The van der Waals surface area contributed by atoms with Gasteiger partial charge in [0.25, 0.3) is 5.91 Å². The molecule has 5 heteroatoms. The zero-order chi connectivity index (χ0) is 21.1. The first-order valence-corrected chi connectivity index (χ1v) is 9.73. The van der Waals surface area contributed by atoms with Gasteiger partial charge < -0.3 is 14.3 Å². The number of aromatic nitrogens is 1. The van der Waals surface area contributed by atoms with Crippen LogP contribution in [0.5, 0.6) is 0 Å². The van der Waals surface area contributed by atoms with Gasteiger partial charge in [-0.25, -0.2) is 0 Å². The molecule has 0 spiro atoms. The maximum absolute atomic E-state index is 12.9. The Hall–Kier alpha value is -3.86. The number of carbonyl (C=O) groups excluding carboxylic acids is 2.